The highest BCUT2D eigenvalue weighted by Crippen LogP contribution is 2.13. The second-order valence-electron chi connectivity index (χ2n) is 4.22. The van der Waals surface area contributed by atoms with E-state index in [1.807, 2.05) is 12.1 Å². The minimum absolute atomic E-state index is 0.00829. The summed E-state index contributed by atoms with van der Waals surface area (Å²) >= 11 is 0. The summed E-state index contributed by atoms with van der Waals surface area (Å²) in [6.45, 7) is 0.332. The molecule has 2 rings (SSSR count). The lowest BCUT2D eigenvalue weighted by molar-refractivity contribution is -0.384. The van der Waals surface area contributed by atoms with Crippen LogP contribution in [0.25, 0.3) is 6.08 Å². The molecule has 0 spiro atoms. The minimum atomic E-state index is -0.474. The molecule has 106 valence electrons. The largest absolute Gasteiger partial charge is 0.347 e. The lowest BCUT2D eigenvalue weighted by Crippen LogP contribution is -2.20. The third kappa shape index (κ3) is 4.54. The number of aromatic nitrogens is 1. The van der Waals surface area contributed by atoms with Gasteiger partial charge in [0.25, 0.3) is 5.69 Å². The van der Waals surface area contributed by atoms with Crippen molar-refractivity contribution in [2.24, 2.45) is 0 Å². The van der Waals surface area contributed by atoms with Crippen LogP contribution in [0.3, 0.4) is 0 Å². The maximum atomic E-state index is 11.6. The molecule has 2 aromatic rings. The van der Waals surface area contributed by atoms with Gasteiger partial charge in [-0.2, -0.15) is 0 Å². The third-order valence-corrected chi connectivity index (χ3v) is 2.68. The Kier molecular flexibility index (Phi) is 4.76. The maximum absolute atomic E-state index is 11.6. The van der Waals surface area contributed by atoms with Crippen LogP contribution >= 0.6 is 0 Å². The number of nitrogens with zero attached hydrogens (tertiary/aromatic N) is 2. The van der Waals surface area contributed by atoms with Gasteiger partial charge in [0, 0.05) is 24.4 Å². The smallest absolute Gasteiger partial charge is 0.270 e. The second-order valence-corrected chi connectivity index (χ2v) is 4.22. The van der Waals surface area contributed by atoms with Gasteiger partial charge in [0.1, 0.15) is 0 Å². The first-order valence-electron chi connectivity index (χ1n) is 6.25. The van der Waals surface area contributed by atoms with Gasteiger partial charge in [-0.05, 0) is 23.8 Å². The Hall–Kier alpha value is -3.02. The van der Waals surface area contributed by atoms with Gasteiger partial charge in [-0.3, -0.25) is 19.9 Å². The third-order valence-electron chi connectivity index (χ3n) is 2.68. The summed E-state index contributed by atoms with van der Waals surface area (Å²) in [5, 5.41) is 13.3. The van der Waals surface area contributed by atoms with Crippen LogP contribution in [-0.4, -0.2) is 15.8 Å². The van der Waals surface area contributed by atoms with Crippen molar-refractivity contribution in [1.29, 1.82) is 0 Å². The summed E-state index contributed by atoms with van der Waals surface area (Å²) in [5.74, 6) is -0.285. The zero-order chi connectivity index (χ0) is 15.1. The van der Waals surface area contributed by atoms with Gasteiger partial charge in [-0.1, -0.05) is 18.2 Å². The summed E-state index contributed by atoms with van der Waals surface area (Å²) in [5.41, 5.74) is 1.35. The summed E-state index contributed by atoms with van der Waals surface area (Å²) in [6, 6.07) is 11.5. The normalized spacial score (nSPS) is 10.5. The minimum Gasteiger partial charge on any atom is -0.347 e. The fourth-order valence-electron chi connectivity index (χ4n) is 1.65. The average molecular weight is 283 g/mol. The number of non-ortho nitro benzene ring substituents is 1. The van der Waals surface area contributed by atoms with E-state index in [0.29, 0.717) is 12.1 Å². The van der Waals surface area contributed by atoms with Gasteiger partial charge in [0.05, 0.1) is 17.2 Å². The van der Waals surface area contributed by atoms with Gasteiger partial charge in [0.2, 0.25) is 5.91 Å². The van der Waals surface area contributed by atoms with Crippen molar-refractivity contribution in [1.82, 2.24) is 10.3 Å². The van der Waals surface area contributed by atoms with Crippen LogP contribution in [0.1, 0.15) is 11.3 Å². The van der Waals surface area contributed by atoms with Crippen LogP contribution in [0, 0.1) is 10.1 Å². The molecular weight excluding hydrogens is 270 g/mol. The highest BCUT2D eigenvalue weighted by atomic mass is 16.6. The molecule has 21 heavy (non-hydrogen) atoms. The van der Waals surface area contributed by atoms with Crippen LogP contribution in [0.2, 0.25) is 0 Å². The highest BCUT2D eigenvalue weighted by Gasteiger charge is 2.04. The number of amides is 1. The van der Waals surface area contributed by atoms with E-state index in [0.717, 1.165) is 5.69 Å². The molecule has 1 heterocycles. The monoisotopic (exact) mass is 283 g/mol. The Morgan fingerprint density at radius 1 is 1.29 bits per heavy atom. The van der Waals surface area contributed by atoms with E-state index in [1.165, 1.54) is 24.3 Å². The number of hydrogen-bond acceptors (Lipinski definition) is 4. The van der Waals surface area contributed by atoms with E-state index in [-0.39, 0.29) is 11.6 Å². The van der Waals surface area contributed by atoms with Crippen LogP contribution in [0.5, 0.6) is 0 Å². The molecule has 0 fully saturated rings. The quantitative estimate of drug-likeness (QED) is 0.518. The van der Waals surface area contributed by atoms with Gasteiger partial charge in [0.15, 0.2) is 0 Å². The van der Waals surface area contributed by atoms with E-state index in [2.05, 4.69) is 10.3 Å². The number of nitro benzene ring substituents is 1. The Morgan fingerprint density at radius 3 is 2.86 bits per heavy atom. The SMILES string of the molecule is O=C(C=Cc1cccc([N+](=O)[O-])c1)NCc1ccccn1. The van der Waals surface area contributed by atoms with Crippen molar-refractivity contribution < 1.29 is 9.72 Å². The first-order chi connectivity index (χ1) is 10.1. The second kappa shape index (κ2) is 6.95. The van der Waals surface area contributed by atoms with Crippen LogP contribution < -0.4 is 5.32 Å². The molecule has 1 aromatic carbocycles. The van der Waals surface area contributed by atoms with E-state index >= 15 is 0 Å². The van der Waals surface area contributed by atoms with Gasteiger partial charge in [-0.15, -0.1) is 0 Å². The molecule has 0 saturated carbocycles. The van der Waals surface area contributed by atoms with Crippen LogP contribution in [0.15, 0.2) is 54.7 Å². The standard InChI is InChI=1S/C15H13N3O3/c19-15(17-11-13-5-1-2-9-16-13)8-7-12-4-3-6-14(10-12)18(20)21/h1-10H,11H2,(H,17,19). The number of pyridine rings is 1. The number of benzene rings is 1. The van der Waals surface area contributed by atoms with Crippen molar-refractivity contribution in [3.8, 4) is 0 Å². The summed E-state index contributed by atoms with van der Waals surface area (Å²) < 4.78 is 0. The van der Waals surface area contributed by atoms with E-state index in [1.54, 1.807) is 24.4 Å². The molecular formula is C15H13N3O3. The lowest BCUT2D eigenvalue weighted by Gasteiger charge is -2.01. The molecule has 6 heteroatoms. The molecule has 0 unspecified atom stereocenters. The summed E-state index contributed by atoms with van der Waals surface area (Å²) in [4.78, 5) is 25.9. The molecule has 0 saturated heterocycles. The Balaban J connectivity index is 1.93. The van der Waals surface area contributed by atoms with E-state index in [9.17, 15) is 14.9 Å². The number of rotatable bonds is 5. The molecule has 6 nitrogen and oxygen atoms in total. The van der Waals surface area contributed by atoms with Crippen molar-refractivity contribution >= 4 is 17.7 Å². The highest BCUT2D eigenvalue weighted by molar-refractivity contribution is 5.91. The van der Waals surface area contributed by atoms with Gasteiger partial charge >= 0.3 is 0 Å². The van der Waals surface area contributed by atoms with Crippen molar-refractivity contribution in [2.75, 3.05) is 0 Å². The fourth-order valence-corrected chi connectivity index (χ4v) is 1.65. The molecule has 0 atom stereocenters. The van der Waals surface area contributed by atoms with E-state index < -0.39 is 4.92 Å². The number of hydrogen-bond donors (Lipinski definition) is 1. The molecule has 1 aromatic heterocycles. The van der Waals surface area contributed by atoms with Crippen LogP contribution in [0.4, 0.5) is 5.69 Å². The fraction of sp³-hybridized carbons (Fsp3) is 0.0667. The van der Waals surface area contributed by atoms with Crippen molar-refractivity contribution in [3.63, 3.8) is 0 Å². The predicted octanol–water partition coefficient (Wildman–Crippen LogP) is 2.32. The van der Waals surface area contributed by atoms with Gasteiger partial charge in [-0.25, -0.2) is 0 Å². The predicted molar refractivity (Wildman–Crippen MR) is 78.2 cm³/mol. The van der Waals surface area contributed by atoms with Crippen LogP contribution in [-0.2, 0) is 11.3 Å². The summed E-state index contributed by atoms with van der Waals surface area (Å²) in [7, 11) is 0. The maximum Gasteiger partial charge on any atom is 0.270 e. The van der Waals surface area contributed by atoms with Crippen molar-refractivity contribution in [3.05, 3.63) is 76.1 Å². The topological polar surface area (TPSA) is 85.1 Å². The average Bonchev–Trinajstić information content (AvgIpc) is 2.52. The summed E-state index contributed by atoms with van der Waals surface area (Å²) in [6.07, 6.45) is 4.52. The Bertz CT molecular complexity index is 669. The molecule has 0 radical (unpaired) electrons. The number of carbonyl (C=O) groups is 1. The Labute approximate surface area is 121 Å². The molecule has 0 aliphatic carbocycles. The Morgan fingerprint density at radius 2 is 2.14 bits per heavy atom. The molecule has 1 amide bonds. The first-order valence-corrected chi connectivity index (χ1v) is 6.25. The van der Waals surface area contributed by atoms with E-state index in [4.69, 9.17) is 0 Å². The molecule has 0 aliphatic heterocycles. The molecule has 0 bridgehead atoms. The lowest BCUT2D eigenvalue weighted by atomic mass is 10.2. The molecule has 0 aliphatic rings. The zero-order valence-corrected chi connectivity index (χ0v) is 11.1. The number of nitrogens with one attached hydrogen (secondary N) is 1. The van der Waals surface area contributed by atoms with Gasteiger partial charge < -0.3 is 5.32 Å². The number of carbonyl (C=O) groups excluding carboxylic acids is 1. The number of nitro groups is 1. The zero-order valence-electron chi connectivity index (χ0n) is 11.1. The molecule has 1 N–H and O–H groups in total. The first kappa shape index (κ1) is 14.4. The van der Waals surface area contributed by atoms with Crippen molar-refractivity contribution in [2.45, 2.75) is 6.54 Å².